The van der Waals surface area contributed by atoms with Gasteiger partial charge in [0.2, 0.25) is 0 Å². The lowest BCUT2D eigenvalue weighted by atomic mass is 9.83. The molecule has 2 fully saturated rings. The molecule has 1 aliphatic heterocycles. The Morgan fingerprint density at radius 2 is 1.90 bits per heavy atom. The molecule has 2 heteroatoms. The second-order valence-electron chi connectivity index (χ2n) is 7.22. The van der Waals surface area contributed by atoms with Crippen molar-refractivity contribution in [1.82, 2.24) is 5.32 Å². The highest BCUT2D eigenvalue weighted by atomic mass is 16.5. The molecule has 2 atom stereocenters. The monoisotopic (exact) mass is 285 g/mol. The Labute approximate surface area is 128 Å². The molecule has 114 valence electrons. The first-order chi connectivity index (χ1) is 10.3. The smallest absolute Gasteiger partial charge is 0.0708 e. The zero-order chi connectivity index (χ0) is 14.1. The lowest BCUT2D eigenvalue weighted by Crippen LogP contribution is -2.35. The Kier molecular flexibility index (Phi) is 3.76. The van der Waals surface area contributed by atoms with Crippen LogP contribution in [0.2, 0.25) is 0 Å². The fraction of sp³-hybridized carbons (Fsp3) is 0.684. The van der Waals surface area contributed by atoms with Crippen molar-refractivity contribution in [3.05, 3.63) is 35.4 Å². The zero-order valence-corrected chi connectivity index (χ0v) is 12.9. The van der Waals surface area contributed by atoms with Crippen molar-refractivity contribution in [1.29, 1.82) is 0 Å². The molecule has 1 saturated heterocycles. The minimum atomic E-state index is 0.262. The van der Waals surface area contributed by atoms with E-state index in [0.717, 1.165) is 6.54 Å². The van der Waals surface area contributed by atoms with Crippen molar-refractivity contribution in [2.45, 2.75) is 75.5 Å². The maximum atomic E-state index is 6.48. The Bertz CT molecular complexity index is 492. The zero-order valence-electron chi connectivity index (χ0n) is 12.9. The molecule has 1 aromatic rings. The third-order valence-electron chi connectivity index (χ3n) is 5.83. The second-order valence-corrected chi connectivity index (χ2v) is 7.22. The highest BCUT2D eigenvalue weighted by Gasteiger charge is 2.40. The summed E-state index contributed by atoms with van der Waals surface area (Å²) in [6, 6.07) is 9.45. The Morgan fingerprint density at radius 1 is 1.05 bits per heavy atom. The van der Waals surface area contributed by atoms with Crippen LogP contribution in [-0.4, -0.2) is 18.2 Å². The van der Waals surface area contributed by atoms with Crippen LogP contribution in [0.25, 0.3) is 0 Å². The van der Waals surface area contributed by atoms with Crippen LogP contribution in [0.5, 0.6) is 0 Å². The van der Waals surface area contributed by atoms with Crippen molar-refractivity contribution < 1.29 is 4.74 Å². The summed E-state index contributed by atoms with van der Waals surface area (Å²) in [4.78, 5) is 0. The van der Waals surface area contributed by atoms with Gasteiger partial charge in [-0.05, 0) is 49.7 Å². The third kappa shape index (κ3) is 2.76. The highest BCUT2D eigenvalue weighted by Crippen LogP contribution is 2.42. The molecule has 3 aliphatic rings. The summed E-state index contributed by atoms with van der Waals surface area (Å²) < 4.78 is 6.48. The molecular formula is C19H27NO. The predicted molar refractivity (Wildman–Crippen MR) is 85.4 cm³/mol. The predicted octanol–water partition coefficient (Wildman–Crippen LogP) is 4.15. The number of nitrogens with one attached hydrogen (secondary N) is 1. The Morgan fingerprint density at radius 3 is 2.81 bits per heavy atom. The SMILES string of the molecule is c1ccc2c(c1)CCC2NCC1CCC2(CCCCC2)O1. The van der Waals surface area contributed by atoms with Gasteiger partial charge in [-0.2, -0.15) is 0 Å². The third-order valence-corrected chi connectivity index (χ3v) is 5.83. The van der Waals surface area contributed by atoms with Crippen LogP contribution >= 0.6 is 0 Å². The minimum absolute atomic E-state index is 0.262. The van der Waals surface area contributed by atoms with E-state index in [1.54, 1.807) is 0 Å². The average molecular weight is 285 g/mol. The molecule has 2 aliphatic carbocycles. The Balaban J connectivity index is 1.32. The van der Waals surface area contributed by atoms with E-state index in [1.165, 1.54) is 68.9 Å². The molecule has 2 nitrogen and oxygen atoms in total. The van der Waals surface area contributed by atoms with Crippen molar-refractivity contribution >= 4 is 0 Å². The quantitative estimate of drug-likeness (QED) is 0.901. The summed E-state index contributed by atoms with van der Waals surface area (Å²) in [5.41, 5.74) is 3.31. The average Bonchev–Trinajstić information content (AvgIpc) is 3.11. The summed E-state index contributed by atoms with van der Waals surface area (Å²) in [5, 5.41) is 3.78. The fourth-order valence-electron chi connectivity index (χ4n) is 4.65. The van der Waals surface area contributed by atoms with Gasteiger partial charge in [0.15, 0.2) is 0 Å². The van der Waals surface area contributed by atoms with Gasteiger partial charge in [0.1, 0.15) is 0 Å². The molecular weight excluding hydrogens is 258 g/mol. The van der Waals surface area contributed by atoms with E-state index in [9.17, 15) is 0 Å². The molecule has 0 radical (unpaired) electrons. The maximum Gasteiger partial charge on any atom is 0.0708 e. The van der Waals surface area contributed by atoms with Crippen molar-refractivity contribution in [3.8, 4) is 0 Å². The van der Waals surface area contributed by atoms with Crippen molar-refractivity contribution in [2.24, 2.45) is 0 Å². The van der Waals surface area contributed by atoms with Crippen LogP contribution in [0, 0.1) is 0 Å². The lowest BCUT2D eigenvalue weighted by molar-refractivity contribution is -0.0629. The summed E-state index contributed by atoms with van der Waals surface area (Å²) in [6.45, 7) is 1.03. The maximum absolute atomic E-state index is 6.48. The van der Waals surface area contributed by atoms with E-state index in [2.05, 4.69) is 29.6 Å². The van der Waals surface area contributed by atoms with E-state index < -0.39 is 0 Å². The molecule has 4 rings (SSSR count). The first-order valence-electron chi connectivity index (χ1n) is 8.84. The van der Waals surface area contributed by atoms with Gasteiger partial charge in [-0.15, -0.1) is 0 Å². The van der Waals surface area contributed by atoms with E-state index in [-0.39, 0.29) is 5.60 Å². The van der Waals surface area contributed by atoms with Crippen LogP contribution in [0.1, 0.15) is 68.5 Å². The molecule has 1 heterocycles. The van der Waals surface area contributed by atoms with Crippen LogP contribution < -0.4 is 5.32 Å². The second kappa shape index (κ2) is 5.73. The van der Waals surface area contributed by atoms with Crippen LogP contribution in [0.15, 0.2) is 24.3 Å². The molecule has 1 N–H and O–H groups in total. The van der Waals surface area contributed by atoms with Gasteiger partial charge in [0.05, 0.1) is 11.7 Å². The molecule has 0 aromatic heterocycles. The summed E-state index contributed by atoms with van der Waals surface area (Å²) in [6.07, 6.45) is 12.2. The van der Waals surface area contributed by atoms with Crippen molar-refractivity contribution in [3.63, 3.8) is 0 Å². The molecule has 0 amide bonds. The first-order valence-corrected chi connectivity index (χ1v) is 8.84. The number of aryl methyl sites for hydroxylation is 1. The first kappa shape index (κ1) is 13.8. The minimum Gasteiger partial charge on any atom is -0.370 e. The molecule has 2 unspecified atom stereocenters. The highest BCUT2D eigenvalue weighted by molar-refractivity contribution is 5.34. The molecule has 1 spiro atoms. The van der Waals surface area contributed by atoms with Gasteiger partial charge in [0.25, 0.3) is 0 Å². The van der Waals surface area contributed by atoms with Gasteiger partial charge >= 0.3 is 0 Å². The molecule has 1 saturated carbocycles. The van der Waals surface area contributed by atoms with Gasteiger partial charge in [-0.3, -0.25) is 0 Å². The lowest BCUT2D eigenvalue weighted by Gasteiger charge is -2.33. The van der Waals surface area contributed by atoms with Crippen LogP contribution in [0.4, 0.5) is 0 Å². The van der Waals surface area contributed by atoms with E-state index in [0.29, 0.717) is 12.1 Å². The Hall–Kier alpha value is -0.860. The number of rotatable bonds is 3. The summed E-state index contributed by atoms with van der Waals surface area (Å²) >= 11 is 0. The van der Waals surface area contributed by atoms with E-state index in [4.69, 9.17) is 4.74 Å². The van der Waals surface area contributed by atoms with Crippen molar-refractivity contribution in [2.75, 3.05) is 6.54 Å². The van der Waals surface area contributed by atoms with Gasteiger partial charge in [-0.25, -0.2) is 0 Å². The summed E-state index contributed by atoms with van der Waals surface area (Å²) in [5.74, 6) is 0. The number of hydrogen-bond acceptors (Lipinski definition) is 2. The number of fused-ring (bicyclic) bond motifs is 1. The number of benzene rings is 1. The summed E-state index contributed by atoms with van der Waals surface area (Å²) in [7, 11) is 0. The number of hydrogen-bond donors (Lipinski definition) is 1. The van der Waals surface area contributed by atoms with Gasteiger partial charge < -0.3 is 10.1 Å². The van der Waals surface area contributed by atoms with Gasteiger partial charge in [0, 0.05) is 12.6 Å². The fourth-order valence-corrected chi connectivity index (χ4v) is 4.65. The molecule has 1 aromatic carbocycles. The van der Waals surface area contributed by atoms with E-state index >= 15 is 0 Å². The normalized spacial score (nSPS) is 30.7. The molecule has 21 heavy (non-hydrogen) atoms. The van der Waals surface area contributed by atoms with Crippen LogP contribution in [0.3, 0.4) is 0 Å². The van der Waals surface area contributed by atoms with E-state index in [1.807, 2.05) is 0 Å². The largest absolute Gasteiger partial charge is 0.370 e. The van der Waals surface area contributed by atoms with Gasteiger partial charge in [-0.1, -0.05) is 43.5 Å². The standard InChI is InChI=1S/C19H27NO/c1-4-11-19(12-5-1)13-10-16(21-19)14-20-18-9-8-15-6-2-3-7-17(15)18/h2-3,6-7,16,18,20H,1,4-5,8-14H2. The molecule has 0 bridgehead atoms. The topological polar surface area (TPSA) is 21.3 Å². The number of ether oxygens (including phenoxy) is 1. The van der Waals surface area contributed by atoms with Crippen LogP contribution in [-0.2, 0) is 11.2 Å².